The maximum absolute atomic E-state index is 5.96. The smallest absolute Gasteiger partial charge is 0.162 e. The third kappa shape index (κ3) is 2.54. The second kappa shape index (κ2) is 5.13. The van der Waals surface area contributed by atoms with E-state index in [1.165, 1.54) is 0 Å². The molecule has 3 rings (SSSR count). The number of halogens is 1. The molecule has 0 radical (unpaired) electrons. The molecule has 1 aliphatic heterocycles. The predicted octanol–water partition coefficient (Wildman–Crippen LogP) is 3.05. The molecule has 2 aromatic rings. The van der Waals surface area contributed by atoms with Gasteiger partial charge in [-0.1, -0.05) is 0 Å². The third-order valence-corrected chi connectivity index (χ3v) is 3.13. The first-order chi connectivity index (χ1) is 9.24. The van der Waals surface area contributed by atoms with E-state index >= 15 is 0 Å². The van der Waals surface area contributed by atoms with Crippen molar-refractivity contribution in [3.63, 3.8) is 0 Å². The summed E-state index contributed by atoms with van der Waals surface area (Å²) in [5, 5.41) is 5.40. The van der Waals surface area contributed by atoms with Gasteiger partial charge in [-0.15, -0.1) is 11.6 Å². The molecule has 0 aliphatic carbocycles. The minimum atomic E-state index is 0.0502. The SMILES string of the molecule is CC(Cl)CNc1nccc2cc3c(cc12)OCCO3. The average molecular weight is 279 g/mol. The molecular weight excluding hydrogens is 264 g/mol. The molecule has 1 N–H and O–H groups in total. The standard InChI is InChI=1S/C14H15ClN2O2/c1-9(15)8-17-14-11-7-13-12(18-4-5-19-13)6-10(11)2-3-16-14/h2-3,6-7,9H,4-5,8H2,1H3,(H,16,17). The van der Waals surface area contributed by atoms with E-state index in [2.05, 4.69) is 10.3 Å². The summed E-state index contributed by atoms with van der Waals surface area (Å²) in [4.78, 5) is 4.36. The second-order valence-corrected chi connectivity index (χ2v) is 5.28. The molecule has 0 fully saturated rings. The van der Waals surface area contributed by atoms with Crippen LogP contribution >= 0.6 is 11.6 Å². The van der Waals surface area contributed by atoms with Crippen LogP contribution in [-0.2, 0) is 0 Å². The number of pyridine rings is 1. The molecule has 0 amide bonds. The van der Waals surface area contributed by atoms with E-state index in [1.807, 2.05) is 25.1 Å². The molecule has 1 unspecified atom stereocenters. The molecule has 1 aliphatic rings. The Labute approximate surface area is 116 Å². The molecule has 0 saturated heterocycles. The van der Waals surface area contributed by atoms with Crippen LogP contribution in [0.3, 0.4) is 0 Å². The van der Waals surface area contributed by atoms with Crippen molar-refractivity contribution in [2.24, 2.45) is 0 Å². The Morgan fingerprint density at radius 2 is 2.05 bits per heavy atom. The molecule has 0 saturated carbocycles. The van der Waals surface area contributed by atoms with Crippen LogP contribution in [0.15, 0.2) is 24.4 Å². The molecule has 19 heavy (non-hydrogen) atoms. The molecular formula is C14H15ClN2O2. The summed E-state index contributed by atoms with van der Waals surface area (Å²) >= 11 is 5.96. The fourth-order valence-corrected chi connectivity index (χ4v) is 2.16. The van der Waals surface area contributed by atoms with Crippen molar-refractivity contribution in [1.82, 2.24) is 4.98 Å². The summed E-state index contributed by atoms with van der Waals surface area (Å²) in [6.45, 7) is 3.79. The number of aromatic nitrogens is 1. The molecule has 100 valence electrons. The van der Waals surface area contributed by atoms with Gasteiger partial charge in [-0.25, -0.2) is 4.98 Å². The van der Waals surface area contributed by atoms with Crippen LogP contribution in [0.1, 0.15) is 6.92 Å². The number of fused-ring (bicyclic) bond motifs is 2. The third-order valence-electron chi connectivity index (χ3n) is 2.98. The van der Waals surface area contributed by atoms with Gasteiger partial charge in [0, 0.05) is 23.5 Å². The second-order valence-electron chi connectivity index (χ2n) is 4.54. The minimum Gasteiger partial charge on any atom is -0.486 e. The fourth-order valence-electron chi connectivity index (χ4n) is 2.09. The quantitative estimate of drug-likeness (QED) is 0.877. The summed E-state index contributed by atoms with van der Waals surface area (Å²) in [5.74, 6) is 2.39. The largest absolute Gasteiger partial charge is 0.486 e. The maximum atomic E-state index is 5.96. The number of benzene rings is 1. The van der Waals surface area contributed by atoms with E-state index in [9.17, 15) is 0 Å². The van der Waals surface area contributed by atoms with Crippen molar-refractivity contribution in [1.29, 1.82) is 0 Å². The fraction of sp³-hybridized carbons (Fsp3) is 0.357. The van der Waals surface area contributed by atoms with Crippen molar-refractivity contribution in [2.75, 3.05) is 25.1 Å². The Hall–Kier alpha value is -1.68. The molecule has 0 spiro atoms. The first kappa shape index (κ1) is 12.4. The normalized spacial score (nSPS) is 15.3. The number of hydrogen-bond donors (Lipinski definition) is 1. The van der Waals surface area contributed by atoms with E-state index in [0.29, 0.717) is 19.8 Å². The van der Waals surface area contributed by atoms with Crippen LogP contribution < -0.4 is 14.8 Å². The highest BCUT2D eigenvalue weighted by Gasteiger charge is 2.14. The van der Waals surface area contributed by atoms with Crippen molar-refractivity contribution in [2.45, 2.75) is 12.3 Å². The van der Waals surface area contributed by atoms with Crippen LogP contribution in [0.2, 0.25) is 0 Å². The molecule has 1 aromatic carbocycles. The molecule has 1 aromatic heterocycles. The number of alkyl halides is 1. The molecule has 0 bridgehead atoms. The first-order valence-corrected chi connectivity index (χ1v) is 6.74. The van der Waals surface area contributed by atoms with Gasteiger partial charge in [-0.2, -0.15) is 0 Å². The zero-order valence-electron chi connectivity index (χ0n) is 10.6. The van der Waals surface area contributed by atoms with Gasteiger partial charge in [0.2, 0.25) is 0 Å². The van der Waals surface area contributed by atoms with Crippen molar-refractivity contribution in [3.8, 4) is 11.5 Å². The zero-order chi connectivity index (χ0) is 13.2. The van der Waals surface area contributed by atoms with E-state index < -0.39 is 0 Å². The predicted molar refractivity (Wildman–Crippen MR) is 76.5 cm³/mol. The highest BCUT2D eigenvalue weighted by molar-refractivity contribution is 6.20. The molecule has 5 heteroatoms. The van der Waals surface area contributed by atoms with Crippen molar-refractivity contribution in [3.05, 3.63) is 24.4 Å². The van der Waals surface area contributed by atoms with Gasteiger partial charge < -0.3 is 14.8 Å². The Morgan fingerprint density at radius 1 is 1.32 bits per heavy atom. The van der Waals surface area contributed by atoms with Gasteiger partial charge >= 0.3 is 0 Å². The van der Waals surface area contributed by atoms with E-state index in [1.54, 1.807) is 6.20 Å². The Bertz CT molecular complexity index is 601. The number of nitrogens with zero attached hydrogens (tertiary/aromatic N) is 1. The molecule has 4 nitrogen and oxygen atoms in total. The van der Waals surface area contributed by atoms with Crippen LogP contribution in [0.5, 0.6) is 11.5 Å². The molecule has 2 heterocycles. The topological polar surface area (TPSA) is 43.4 Å². The lowest BCUT2D eigenvalue weighted by atomic mass is 10.1. The number of hydrogen-bond acceptors (Lipinski definition) is 4. The number of rotatable bonds is 3. The van der Waals surface area contributed by atoms with Crippen molar-refractivity contribution < 1.29 is 9.47 Å². The lowest BCUT2D eigenvalue weighted by molar-refractivity contribution is 0.172. The van der Waals surface area contributed by atoms with E-state index in [0.717, 1.165) is 28.1 Å². The van der Waals surface area contributed by atoms with E-state index in [4.69, 9.17) is 21.1 Å². The summed E-state index contributed by atoms with van der Waals surface area (Å²) in [6, 6.07) is 5.92. The van der Waals surface area contributed by atoms with Crippen LogP contribution in [-0.4, -0.2) is 30.1 Å². The number of nitrogens with one attached hydrogen (secondary N) is 1. The Kier molecular flexibility index (Phi) is 3.34. The highest BCUT2D eigenvalue weighted by atomic mass is 35.5. The lowest BCUT2D eigenvalue weighted by Crippen LogP contribution is -2.15. The van der Waals surface area contributed by atoms with Crippen LogP contribution in [0.25, 0.3) is 10.8 Å². The van der Waals surface area contributed by atoms with Gasteiger partial charge in [0.05, 0.1) is 0 Å². The van der Waals surface area contributed by atoms with Crippen LogP contribution in [0.4, 0.5) is 5.82 Å². The first-order valence-electron chi connectivity index (χ1n) is 6.30. The van der Waals surface area contributed by atoms with Gasteiger partial charge in [0.15, 0.2) is 11.5 Å². The van der Waals surface area contributed by atoms with Crippen molar-refractivity contribution >= 4 is 28.2 Å². The molecule has 1 atom stereocenters. The minimum absolute atomic E-state index is 0.0502. The number of anilines is 1. The summed E-state index contributed by atoms with van der Waals surface area (Å²) < 4.78 is 11.2. The van der Waals surface area contributed by atoms with Gasteiger partial charge in [0.25, 0.3) is 0 Å². The highest BCUT2D eigenvalue weighted by Crippen LogP contribution is 2.36. The average Bonchev–Trinajstić information content (AvgIpc) is 2.42. The van der Waals surface area contributed by atoms with Gasteiger partial charge in [0.1, 0.15) is 19.0 Å². The summed E-state index contributed by atoms with van der Waals surface area (Å²) in [5.41, 5.74) is 0. The summed E-state index contributed by atoms with van der Waals surface area (Å²) in [7, 11) is 0. The summed E-state index contributed by atoms with van der Waals surface area (Å²) in [6.07, 6.45) is 1.78. The Morgan fingerprint density at radius 3 is 2.79 bits per heavy atom. The zero-order valence-corrected chi connectivity index (χ0v) is 11.4. The lowest BCUT2D eigenvalue weighted by Gasteiger charge is -2.19. The maximum Gasteiger partial charge on any atom is 0.162 e. The Balaban J connectivity index is 2.03. The monoisotopic (exact) mass is 278 g/mol. The van der Waals surface area contributed by atoms with E-state index in [-0.39, 0.29) is 5.38 Å². The number of ether oxygens (including phenoxy) is 2. The van der Waals surface area contributed by atoms with Gasteiger partial charge in [-0.05, 0) is 30.5 Å². The van der Waals surface area contributed by atoms with Gasteiger partial charge in [-0.3, -0.25) is 0 Å². The van der Waals surface area contributed by atoms with Crippen LogP contribution in [0, 0.1) is 0 Å².